The molecule has 17 heteroatoms. The number of anilines is 4. The summed E-state index contributed by atoms with van der Waals surface area (Å²) >= 11 is 3.29. The molecule has 1 saturated carbocycles. The molecule has 3 aliphatic carbocycles. The molecule has 2 fully saturated rings. The number of carbonyl (C=O) groups is 2. The lowest BCUT2D eigenvalue weighted by molar-refractivity contribution is -0.142. The van der Waals surface area contributed by atoms with Crippen LogP contribution in [0.2, 0.25) is 0 Å². The zero-order chi connectivity index (χ0) is 45.6. The minimum Gasteiger partial charge on any atom is -0.492 e. The van der Waals surface area contributed by atoms with E-state index in [1.54, 1.807) is 35.3 Å². The van der Waals surface area contributed by atoms with Gasteiger partial charge in [-0.05, 0) is 129 Å². The number of ether oxygens (including phenoxy) is 2. The van der Waals surface area contributed by atoms with E-state index < -0.39 is 5.97 Å². The van der Waals surface area contributed by atoms with E-state index in [2.05, 4.69) is 62.5 Å². The third-order valence-electron chi connectivity index (χ3n) is 13.9. The second-order valence-corrected chi connectivity index (χ2v) is 20.4. The van der Waals surface area contributed by atoms with Crippen LogP contribution in [0.4, 0.5) is 23.0 Å². The van der Waals surface area contributed by atoms with Gasteiger partial charge in [-0.25, -0.2) is 19.9 Å². The van der Waals surface area contributed by atoms with E-state index in [0.717, 1.165) is 134 Å². The van der Waals surface area contributed by atoms with E-state index in [1.807, 2.05) is 38.4 Å². The number of carboxylic acid groups (broad SMARTS) is 1. The molecular formula is C50H54N10O5S2. The van der Waals surface area contributed by atoms with Crippen molar-refractivity contribution in [3.8, 4) is 11.5 Å². The molecule has 0 bridgehead atoms. The van der Waals surface area contributed by atoms with Crippen LogP contribution in [0.3, 0.4) is 0 Å². The number of fused-ring (bicyclic) bond motifs is 8. The van der Waals surface area contributed by atoms with Gasteiger partial charge in [-0.1, -0.05) is 0 Å². The van der Waals surface area contributed by atoms with Crippen LogP contribution in [0.5, 0.6) is 11.5 Å². The van der Waals surface area contributed by atoms with Crippen LogP contribution in [0.15, 0.2) is 46.9 Å². The van der Waals surface area contributed by atoms with E-state index >= 15 is 0 Å². The molecule has 0 spiro atoms. The van der Waals surface area contributed by atoms with Gasteiger partial charge >= 0.3 is 5.97 Å². The molecule has 67 heavy (non-hydrogen) atoms. The Balaban J connectivity index is 0.000000153. The van der Waals surface area contributed by atoms with Crippen molar-refractivity contribution in [3.63, 3.8) is 0 Å². The lowest BCUT2D eigenvalue weighted by Crippen LogP contribution is -2.51. The third-order valence-corrected chi connectivity index (χ3v) is 16.2. The fourth-order valence-electron chi connectivity index (χ4n) is 10.2. The number of rotatable bonds is 12. The van der Waals surface area contributed by atoms with Crippen LogP contribution in [0, 0.1) is 17.8 Å². The number of aryl methyl sites for hydroxylation is 2. The molecule has 15 nitrogen and oxygen atoms in total. The molecule has 2 aromatic carbocycles. The Labute approximate surface area is 396 Å². The molecule has 12 rings (SSSR count). The van der Waals surface area contributed by atoms with Crippen LogP contribution in [-0.4, -0.2) is 105 Å². The molecule has 3 N–H and O–H groups in total. The zero-order valence-electron chi connectivity index (χ0n) is 37.8. The summed E-state index contributed by atoms with van der Waals surface area (Å²) in [4.78, 5) is 60.8. The van der Waals surface area contributed by atoms with Crippen LogP contribution < -0.4 is 20.1 Å². The number of thiophene rings is 2. The van der Waals surface area contributed by atoms with Gasteiger partial charge in [0.2, 0.25) is 5.91 Å². The van der Waals surface area contributed by atoms with Crippen molar-refractivity contribution in [1.29, 1.82) is 0 Å². The Hall–Kier alpha value is -6.04. The summed E-state index contributed by atoms with van der Waals surface area (Å²) in [6.07, 6.45) is 14.2. The molecule has 1 amide bonds. The third kappa shape index (κ3) is 8.84. The first kappa shape index (κ1) is 43.5. The van der Waals surface area contributed by atoms with E-state index in [-0.39, 0.29) is 11.8 Å². The highest BCUT2D eigenvalue weighted by Gasteiger charge is 2.34. The zero-order valence-corrected chi connectivity index (χ0v) is 39.5. The number of aliphatic carboxylic acids is 1. The van der Waals surface area contributed by atoms with E-state index in [1.165, 1.54) is 41.0 Å². The molecule has 1 saturated heterocycles. The van der Waals surface area contributed by atoms with Gasteiger partial charge in [0.05, 0.1) is 54.4 Å². The van der Waals surface area contributed by atoms with Gasteiger partial charge in [0, 0.05) is 60.8 Å². The predicted octanol–water partition coefficient (Wildman–Crippen LogP) is 8.38. The van der Waals surface area contributed by atoms with Crippen molar-refractivity contribution in [3.05, 3.63) is 80.1 Å². The van der Waals surface area contributed by atoms with Gasteiger partial charge < -0.3 is 30.1 Å². The van der Waals surface area contributed by atoms with E-state index in [9.17, 15) is 14.7 Å². The van der Waals surface area contributed by atoms with Gasteiger partial charge in [-0.3, -0.25) is 24.5 Å². The maximum Gasteiger partial charge on any atom is 0.306 e. The van der Waals surface area contributed by atoms with Crippen LogP contribution in [0.1, 0.15) is 82.7 Å². The number of piperazine rings is 1. The smallest absolute Gasteiger partial charge is 0.306 e. The highest BCUT2D eigenvalue weighted by atomic mass is 32.1. The summed E-state index contributed by atoms with van der Waals surface area (Å²) in [5.74, 6) is 3.40. The number of nitrogens with one attached hydrogen (secondary N) is 2. The normalized spacial score (nSPS) is 19.3. The highest BCUT2D eigenvalue weighted by molar-refractivity contribution is 7.19. The molecule has 346 valence electrons. The van der Waals surface area contributed by atoms with Gasteiger partial charge in [-0.15, -0.1) is 22.7 Å². The molecule has 6 aromatic rings. The molecule has 6 aliphatic rings. The maximum atomic E-state index is 13.5. The molecule has 3 aliphatic heterocycles. The summed E-state index contributed by atoms with van der Waals surface area (Å²) < 4.78 is 11.8. The van der Waals surface area contributed by atoms with Crippen molar-refractivity contribution in [2.45, 2.75) is 78.3 Å². The minimum atomic E-state index is -0.723. The summed E-state index contributed by atoms with van der Waals surface area (Å²) in [5, 5.41) is 18.5. The first-order valence-electron chi connectivity index (χ1n) is 23.7. The van der Waals surface area contributed by atoms with Gasteiger partial charge in [0.25, 0.3) is 0 Å². The summed E-state index contributed by atoms with van der Waals surface area (Å²) in [6, 6.07) is 8.26. The first-order valence-corrected chi connectivity index (χ1v) is 25.3. The Morgan fingerprint density at radius 1 is 0.701 bits per heavy atom. The van der Waals surface area contributed by atoms with Crippen molar-refractivity contribution < 1.29 is 24.2 Å². The average Bonchev–Trinajstić information content (AvgIpc) is 3.65. The molecule has 0 radical (unpaired) electrons. The number of hydrogen-bond acceptors (Lipinski definition) is 15. The number of hydrogen-bond donors (Lipinski definition) is 3. The predicted molar refractivity (Wildman–Crippen MR) is 264 cm³/mol. The number of carboxylic acids is 1. The molecule has 2 atom stereocenters. The summed E-state index contributed by atoms with van der Waals surface area (Å²) in [7, 11) is 0. The van der Waals surface area contributed by atoms with Crippen LogP contribution >= 0.6 is 22.7 Å². The number of aromatic nitrogens is 4. The first-order chi connectivity index (χ1) is 32.8. The summed E-state index contributed by atoms with van der Waals surface area (Å²) in [6.45, 7) is 11.5. The van der Waals surface area contributed by atoms with Crippen molar-refractivity contribution >= 4 is 90.4 Å². The topological polar surface area (TPSA) is 180 Å². The van der Waals surface area contributed by atoms with Gasteiger partial charge in [-0.2, -0.15) is 0 Å². The Morgan fingerprint density at radius 2 is 1.22 bits per heavy atom. The van der Waals surface area contributed by atoms with Gasteiger partial charge in [0.1, 0.15) is 45.5 Å². The maximum absolute atomic E-state index is 13.5. The largest absolute Gasteiger partial charge is 0.492 e. The Morgan fingerprint density at radius 3 is 1.73 bits per heavy atom. The number of benzene rings is 2. The Kier molecular flexibility index (Phi) is 12.1. The SMILES string of the molecule is CCOc1cc2c(cc1Nc1ncnc3sc4c(c13)CCC(C(=O)N1CCN(CC3CC3)CC1)C4)C=NC2.CCOc1cc2c(cc1Nc1ncnc3sc4c(c13)CCC(C(=O)O)C4)C=NC2. The van der Waals surface area contributed by atoms with Crippen LogP contribution in [-0.2, 0) is 48.4 Å². The second-order valence-electron chi connectivity index (χ2n) is 18.2. The summed E-state index contributed by atoms with van der Waals surface area (Å²) in [5.41, 5.74) is 8.74. The minimum absolute atomic E-state index is 0.0652. The monoisotopic (exact) mass is 938 g/mol. The average molecular weight is 939 g/mol. The molecule has 4 aromatic heterocycles. The quantitative estimate of drug-likeness (QED) is 0.107. The van der Waals surface area contributed by atoms with Crippen molar-refractivity contribution in [1.82, 2.24) is 29.7 Å². The Bertz CT molecular complexity index is 2950. The van der Waals surface area contributed by atoms with E-state index in [0.29, 0.717) is 45.1 Å². The molecular weight excluding hydrogens is 885 g/mol. The number of amides is 1. The molecule has 7 heterocycles. The van der Waals surface area contributed by atoms with E-state index in [4.69, 9.17) is 9.47 Å². The second kappa shape index (κ2) is 18.6. The lowest BCUT2D eigenvalue weighted by atomic mass is 9.86. The fraction of sp³-hybridized carbons (Fsp3) is 0.440. The van der Waals surface area contributed by atoms with Crippen molar-refractivity contribution in [2.75, 3.05) is 56.6 Å². The van der Waals surface area contributed by atoms with Crippen molar-refractivity contribution in [2.24, 2.45) is 27.7 Å². The fourth-order valence-corrected chi connectivity index (χ4v) is 12.7. The van der Waals surface area contributed by atoms with Gasteiger partial charge in [0.15, 0.2) is 0 Å². The number of carbonyl (C=O) groups excluding carboxylic acids is 1. The highest BCUT2D eigenvalue weighted by Crippen LogP contribution is 2.44. The van der Waals surface area contributed by atoms with Crippen LogP contribution in [0.25, 0.3) is 20.4 Å². The number of nitrogens with zero attached hydrogens (tertiary/aromatic N) is 8. The number of aliphatic imine (C=N–C) groups is 2. The standard InChI is InChI=1S/C29H34N6O2S.C21H20N4O3S/c1-2-37-24-12-21-15-30-14-20(21)11-23(24)33-27-26-22-6-5-19(13-25(22)38-28(26)32-17-31-27)29(36)35-9-7-34(8-10-35)16-18-3-4-18;1-2-28-16-6-13-9-22-8-12(13)5-15(16)25-19-18-14-4-3-11(21(26)27)7-17(14)29-20(18)24-10-23-19/h11-12,14,17-19H,2-10,13,15-16H2,1H3,(H,31,32,33);5-6,8,10-11H,2-4,7,9H2,1H3,(H,26,27)(H,23,24,25). The molecule has 2 unspecified atom stereocenters. The lowest BCUT2D eigenvalue weighted by Gasteiger charge is -2.37.